The molecule has 0 atom stereocenters. The second-order valence-corrected chi connectivity index (χ2v) is 6.74. The first-order valence-electron chi connectivity index (χ1n) is 7.54. The second-order valence-electron chi connectivity index (χ2n) is 5.14. The molecule has 0 saturated heterocycles. The van der Waals surface area contributed by atoms with Gasteiger partial charge in [-0.25, -0.2) is 4.39 Å². The van der Waals surface area contributed by atoms with Gasteiger partial charge in [-0.05, 0) is 49.4 Å². The minimum absolute atomic E-state index is 0.117. The van der Waals surface area contributed by atoms with Gasteiger partial charge in [-0.15, -0.1) is 11.8 Å². The number of thioether (sulfide) groups is 1. The predicted molar refractivity (Wildman–Crippen MR) is 97.1 cm³/mol. The maximum atomic E-state index is 13.2. The Morgan fingerprint density at radius 1 is 1.20 bits per heavy atom. The van der Waals surface area contributed by atoms with E-state index in [2.05, 4.69) is 5.32 Å². The molecule has 0 aliphatic rings. The van der Waals surface area contributed by atoms with Gasteiger partial charge in [0.2, 0.25) is 0 Å². The zero-order valence-electron chi connectivity index (χ0n) is 13.6. The number of nitrogens with one attached hydrogen (secondary N) is 1. The Morgan fingerprint density at radius 2 is 1.92 bits per heavy atom. The second kappa shape index (κ2) is 9.44. The maximum Gasteiger partial charge on any atom is 0.257 e. The largest absolute Gasteiger partial charge is 0.483 e. The van der Waals surface area contributed by atoms with Crippen molar-refractivity contribution in [2.45, 2.75) is 11.8 Å². The van der Waals surface area contributed by atoms with Gasteiger partial charge >= 0.3 is 0 Å². The Kier molecular flexibility index (Phi) is 7.28. The van der Waals surface area contributed by atoms with Crippen molar-refractivity contribution >= 4 is 35.1 Å². The molecule has 0 aliphatic heterocycles. The molecule has 2 aromatic carbocycles. The third kappa shape index (κ3) is 6.40. The van der Waals surface area contributed by atoms with Gasteiger partial charge in [0.1, 0.15) is 11.6 Å². The molecule has 0 aliphatic carbocycles. The van der Waals surface area contributed by atoms with Crippen molar-refractivity contribution < 1.29 is 18.7 Å². The fourth-order valence-corrected chi connectivity index (χ4v) is 2.88. The molecule has 4 nitrogen and oxygen atoms in total. The topological polar surface area (TPSA) is 55.4 Å². The zero-order chi connectivity index (χ0) is 18.2. The number of Topliss-reactive ketones (excluding diaryl/α,β-unsaturated/α-hetero) is 1. The van der Waals surface area contributed by atoms with Gasteiger partial charge in [0.25, 0.3) is 5.91 Å². The summed E-state index contributed by atoms with van der Waals surface area (Å²) in [4.78, 5) is 24.3. The summed E-state index contributed by atoms with van der Waals surface area (Å²) in [6.07, 6.45) is 0. The van der Waals surface area contributed by atoms with E-state index in [4.69, 9.17) is 16.3 Å². The molecule has 1 amide bonds. The van der Waals surface area contributed by atoms with E-state index in [-0.39, 0.29) is 29.6 Å². The molecule has 1 N–H and O–H groups in total. The Morgan fingerprint density at radius 3 is 2.60 bits per heavy atom. The number of carbonyl (C=O) groups is 2. The molecule has 7 heteroatoms. The summed E-state index contributed by atoms with van der Waals surface area (Å²) >= 11 is 7.41. The lowest BCUT2D eigenvalue weighted by molar-refractivity contribution is -0.122. The van der Waals surface area contributed by atoms with Crippen molar-refractivity contribution in [1.82, 2.24) is 5.32 Å². The summed E-state index contributed by atoms with van der Waals surface area (Å²) in [5.41, 5.74) is 0.117. The van der Waals surface area contributed by atoms with Gasteiger partial charge in [0, 0.05) is 22.2 Å². The van der Waals surface area contributed by atoms with E-state index in [1.165, 1.54) is 19.1 Å². The standard InChI is InChI=1S/C18H17ClFNO3S/c1-12(22)16-10-14(20)4-7-17(16)24-11-18(23)21-8-9-25-15-5-2-13(19)3-6-15/h2-7,10H,8-9,11H2,1H3,(H,21,23). The number of halogens is 2. The molecule has 25 heavy (non-hydrogen) atoms. The number of amides is 1. The Labute approximate surface area is 154 Å². The highest BCUT2D eigenvalue weighted by Crippen LogP contribution is 2.21. The van der Waals surface area contributed by atoms with Crippen LogP contribution in [0.3, 0.4) is 0 Å². The first kappa shape index (κ1) is 19.3. The number of hydrogen-bond donors (Lipinski definition) is 1. The predicted octanol–water partition coefficient (Wildman–Crippen LogP) is 3.97. The fraction of sp³-hybridized carbons (Fsp3) is 0.222. The fourth-order valence-electron chi connectivity index (χ4n) is 1.99. The number of hydrogen-bond acceptors (Lipinski definition) is 4. The first-order valence-corrected chi connectivity index (χ1v) is 8.90. The van der Waals surface area contributed by atoms with E-state index in [0.29, 0.717) is 17.3 Å². The average molecular weight is 382 g/mol. The lowest BCUT2D eigenvalue weighted by Crippen LogP contribution is -2.30. The van der Waals surface area contributed by atoms with Crippen LogP contribution in [0.5, 0.6) is 5.75 Å². The molecular formula is C18H17ClFNO3S. The Bertz CT molecular complexity index is 752. The zero-order valence-corrected chi connectivity index (χ0v) is 15.1. The third-order valence-corrected chi connectivity index (χ3v) is 4.45. The smallest absolute Gasteiger partial charge is 0.257 e. The van der Waals surface area contributed by atoms with Crippen LogP contribution in [0.2, 0.25) is 5.02 Å². The summed E-state index contributed by atoms with van der Waals surface area (Å²) < 4.78 is 18.5. The van der Waals surface area contributed by atoms with E-state index in [0.717, 1.165) is 11.0 Å². The van der Waals surface area contributed by atoms with E-state index in [9.17, 15) is 14.0 Å². The van der Waals surface area contributed by atoms with E-state index < -0.39 is 5.82 Å². The average Bonchev–Trinajstić information content (AvgIpc) is 2.59. The molecular weight excluding hydrogens is 365 g/mol. The van der Waals surface area contributed by atoms with Crippen LogP contribution in [0, 0.1) is 5.82 Å². The molecule has 0 bridgehead atoms. The van der Waals surface area contributed by atoms with Crippen molar-refractivity contribution in [3.8, 4) is 5.75 Å². The number of ketones is 1. The summed E-state index contributed by atoms with van der Waals surface area (Å²) in [7, 11) is 0. The van der Waals surface area contributed by atoms with Crippen molar-refractivity contribution in [2.75, 3.05) is 18.9 Å². The van der Waals surface area contributed by atoms with Gasteiger partial charge in [-0.1, -0.05) is 11.6 Å². The number of rotatable bonds is 8. The number of ether oxygens (including phenoxy) is 1. The van der Waals surface area contributed by atoms with Gasteiger partial charge < -0.3 is 10.1 Å². The highest BCUT2D eigenvalue weighted by molar-refractivity contribution is 7.99. The molecule has 0 saturated carbocycles. The lowest BCUT2D eigenvalue weighted by Gasteiger charge is -2.10. The summed E-state index contributed by atoms with van der Waals surface area (Å²) in [5, 5.41) is 3.41. The van der Waals surface area contributed by atoms with Crippen molar-refractivity contribution in [1.29, 1.82) is 0 Å². The van der Waals surface area contributed by atoms with Crippen molar-refractivity contribution in [2.24, 2.45) is 0 Å². The highest BCUT2D eigenvalue weighted by Gasteiger charge is 2.11. The van der Waals surface area contributed by atoms with Gasteiger partial charge in [-0.3, -0.25) is 9.59 Å². The third-order valence-electron chi connectivity index (χ3n) is 3.19. The normalized spacial score (nSPS) is 10.4. The van der Waals surface area contributed by atoms with Crippen LogP contribution in [0.25, 0.3) is 0 Å². The molecule has 0 heterocycles. The Balaban J connectivity index is 1.74. The molecule has 0 fully saturated rings. The van der Waals surface area contributed by atoms with Crippen molar-refractivity contribution in [3.05, 3.63) is 58.9 Å². The van der Waals surface area contributed by atoms with Crippen LogP contribution in [0.15, 0.2) is 47.4 Å². The van der Waals surface area contributed by atoms with E-state index in [1.54, 1.807) is 11.8 Å². The molecule has 2 aromatic rings. The highest BCUT2D eigenvalue weighted by atomic mass is 35.5. The molecule has 132 valence electrons. The monoisotopic (exact) mass is 381 g/mol. The van der Waals surface area contributed by atoms with E-state index in [1.807, 2.05) is 24.3 Å². The van der Waals surface area contributed by atoms with Crippen LogP contribution in [-0.2, 0) is 4.79 Å². The van der Waals surface area contributed by atoms with Gasteiger partial charge in [0.15, 0.2) is 12.4 Å². The molecule has 0 aromatic heterocycles. The minimum atomic E-state index is -0.527. The molecule has 2 rings (SSSR count). The Hall–Kier alpha value is -2.05. The summed E-state index contributed by atoms with van der Waals surface area (Å²) in [6.45, 7) is 1.55. The molecule has 0 radical (unpaired) electrons. The van der Waals surface area contributed by atoms with Crippen LogP contribution < -0.4 is 10.1 Å². The summed E-state index contributed by atoms with van der Waals surface area (Å²) in [6, 6.07) is 11.1. The maximum absolute atomic E-state index is 13.2. The van der Waals surface area contributed by atoms with Crippen LogP contribution >= 0.6 is 23.4 Å². The van der Waals surface area contributed by atoms with Crippen LogP contribution in [-0.4, -0.2) is 30.6 Å². The number of carbonyl (C=O) groups excluding carboxylic acids is 2. The lowest BCUT2D eigenvalue weighted by atomic mass is 10.1. The minimum Gasteiger partial charge on any atom is -0.483 e. The summed E-state index contributed by atoms with van der Waals surface area (Å²) in [5.74, 6) is -0.270. The number of benzene rings is 2. The van der Waals surface area contributed by atoms with E-state index >= 15 is 0 Å². The SMILES string of the molecule is CC(=O)c1cc(F)ccc1OCC(=O)NCCSc1ccc(Cl)cc1. The van der Waals surface area contributed by atoms with Crippen LogP contribution in [0.1, 0.15) is 17.3 Å². The quantitative estimate of drug-likeness (QED) is 0.427. The van der Waals surface area contributed by atoms with Gasteiger partial charge in [-0.2, -0.15) is 0 Å². The molecule has 0 unspecified atom stereocenters. The van der Waals surface area contributed by atoms with Crippen LogP contribution in [0.4, 0.5) is 4.39 Å². The molecule has 0 spiro atoms. The first-order chi connectivity index (χ1) is 12.0. The van der Waals surface area contributed by atoms with Crippen molar-refractivity contribution in [3.63, 3.8) is 0 Å². The van der Waals surface area contributed by atoms with Gasteiger partial charge in [0.05, 0.1) is 5.56 Å².